The molecule has 0 bridgehead atoms. The van der Waals surface area contributed by atoms with Crippen LogP contribution in [0.15, 0.2) is 24.4 Å². The van der Waals surface area contributed by atoms with E-state index in [-0.39, 0.29) is 0 Å². The predicted molar refractivity (Wildman–Crippen MR) is 83.8 cm³/mol. The number of aromatic carboxylic acids is 1. The molecule has 4 nitrogen and oxygen atoms in total. The van der Waals surface area contributed by atoms with Gasteiger partial charge >= 0.3 is 5.97 Å². The van der Waals surface area contributed by atoms with Crippen molar-refractivity contribution >= 4 is 16.9 Å². The summed E-state index contributed by atoms with van der Waals surface area (Å²) >= 11 is 0. The Balaban J connectivity index is 2.05. The number of carboxylic acids is 1. The fourth-order valence-electron chi connectivity index (χ4n) is 3.00. The summed E-state index contributed by atoms with van der Waals surface area (Å²) < 4.78 is 2.17. The van der Waals surface area contributed by atoms with Crippen molar-refractivity contribution in [3.8, 4) is 0 Å². The van der Waals surface area contributed by atoms with Crippen LogP contribution in [0.1, 0.15) is 55.1 Å². The maximum atomic E-state index is 11.5. The summed E-state index contributed by atoms with van der Waals surface area (Å²) in [5.74, 6) is -0.855. The number of hydrogen-bond donors (Lipinski definition) is 2. The quantitative estimate of drug-likeness (QED) is 0.883. The Kier molecular flexibility index (Phi) is 3.72. The van der Waals surface area contributed by atoms with Crippen molar-refractivity contribution in [2.45, 2.75) is 51.7 Å². The van der Waals surface area contributed by atoms with E-state index >= 15 is 0 Å². The number of benzene rings is 1. The molecule has 1 aliphatic rings. The Bertz CT molecular complexity index is 669. The van der Waals surface area contributed by atoms with Crippen LogP contribution in [0.5, 0.6) is 0 Å². The van der Waals surface area contributed by atoms with Gasteiger partial charge in [-0.05, 0) is 44.4 Å². The lowest BCUT2D eigenvalue weighted by Gasteiger charge is -2.26. The van der Waals surface area contributed by atoms with Crippen molar-refractivity contribution in [2.24, 2.45) is 0 Å². The van der Waals surface area contributed by atoms with Crippen LogP contribution in [0.3, 0.4) is 0 Å². The third-order valence-electron chi connectivity index (χ3n) is 4.41. The molecule has 0 saturated heterocycles. The largest absolute Gasteiger partial charge is 0.478 e. The zero-order valence-corrected chi connectivity index (χ0v) is 12.6. The van der Waals surface area contributed by atoms with E-state index in [1.807, 2.05) is 12.1 Å². The molecule has 1 heterocycles. The first kappa shape index (κ1) is 14.1. The van der Waals surface area contributed by atoms with Gasteiger partial charge in [-0.2, -0.15) is 0 Å². The summed E-state index contributed by atoms with van der Waals surface area (Å²) in [6, 6.07) is 6.44. The average molecular weight is 286 g/mol. The highest BCUT2D eigenvalue weighted by Gasteiger charge is 2.20. The Morgan fingerprint density at radius 3 is 2.76 bits per heavy atom. The first-order chi connectivity index (χ1) is 10.1. The smallest absolute Gasteiger partial charge is 0.336 e. The third-order valence-corrected chi connectivity index (χ3v) is 4.41. The molecule has 0 spiro atoms. The van der Waals surface area contributed by atoms with Gasteiger partial charge in [0.2, 0.25) is 0 Å². The molecule has 2 N–H and O–H groups in total. The molecule has 1 aliphatic carbocycles. The lowest BCUT2D eigenvalue weighted by Crippen LogP contribution is -2.34. The van der Waals surface area contributed by atoms with Crippen LogP contribution < -0.4 is 5.32 Å². The molecule has 21 heavy (non-hydrogen) atoms. The number of aromatic nitrogens is 1. The summed E-state index contributed by atoms with van der Waals surface area (Å²) in [6.07, 6.45) is 5.86. The number of hydrogen-bond acceptors (Lipinski definition) is 2. The molecular formula is C17H22N2O2. The molecular weight excluding hydrogens is 264 g/mol. The molecule has 1 aromatic carbocycles. The summed E-state index contributed by atoms with van der Waals surface area (Å²) in [5, 5.41) is 13.9. The summed E-state index contributed by atoms with van der Waals surface area (Å²) in [7, 11) is 0. The molecule has 1 aromatic heterocycles. The van der Waals surface area contributed by atoms with Gasteiger partial charge in [-0.15, -0.1) is 0 Å². The zero-order valence-electron chi connectivity index (χ0n) is 12.6. The predicted octanol–water partition coefficient (Wildman–Crippen LogP) is 3.56. The van der Waals surface area contributed by atoms with Crippen molar-refractivity contribution in [3.05, 3.63) is 35.5 Å². The summed E-state index contributed by atoms with van der Waals surface area (Å²) in [5.41, 5.74) is 2.50. The van der Waals surface area contributed by atoms with Crippen molar-refractivity contribution in [3.63, 3.8) is 0 Å². The van der Waals surface area contributed by atoms with Crippen molar-refractivity contribution in [2.75, 3.05) is 0 Å². The second kappa shape index (κ2) is 5.53. The fourth-order valence-corrected chi connectivity index (χ4v) is 3.00. The van der Waals surface area contributed by atoms with E-state index in [0.717, 1.165) is 23.0 Å². The molecule has 0 radical (unpaired) electrons. The van der Waals surface area contributed by atoms with E-state index in [0.29, 0.717) is 17.6 Å². The maximum absolute atomic E-state index is 11.5. The standard InChI is InChI=1S/C17H22N2O2/c1-11(2)19-10-12(9-18-13-5-3-6-13)16-14(17(20)21)7-4-8-15(16)19/h4,7-8,10-11,13,18H,3,5-6,9H2,1-2H3,(H,20,21). The lowest BCUT2D eigenvalue weighted by atomic mass is 9.93. The maximum Gasteiger partial charge on any atom is 0.336 e. The van der Waals surface area contributed by atoms with Gasteiger partial charge in [0.15, 0.2) is 0 Å². The van der Waals surface area contributed by atoms with Crippen LogP contribution in [-0.2, 0) is 6.54 Å². The van der Waals surface area contributed by atoms with Crippen molar-refractivity contribution in [1.29, 1.82) is 0 Å². The van der Waals surface area contributed by atoms with Crippen LogP contribution in [0, 0.1) is 0 Å². The number of fused-ring (bicyclic) bond motifs is 1. The van der Waals surface area contributed by atoms with E-state index in [1.54, 1.807) is 6.07 Å². The van der Waals surface area contributed by atoms with Crippen LogP contribution in [0.4, 0.5) is 0 Å². The average Bonchev–Trinajstić information content (AvgIpc) is 2.76. The van der Waals surface area contributed by atoms with Gasteiger partial charge in [-0.3, -0.25) is 0 Å². The molecule has 2 aromatic rings. The molecule has 4 heteroatoms. The minimum atomic E-state index is -0.855. The van der Waals surface area contributed by atoms with Gasteiger partial charge in [-0.25, -0.2) is 4.79 Å². The van der Waals surface area contributed by atoms with Crippen LogP contribution in [0.2, 0.25) is 0 Å². The second-order valence-corrected chi connectivity index (χ2v) is 6.17. The Morgan fingerprint density at radius 1 is 1.43 bits per heavy atom. The highest BCUT2D eigenvalue weighted by molar-refractivity contribution is 6.04. The fraction of sp³-hybridized carbons (Fsp3) is 0.471. The van der Waals surface area contributed by atoms with E-state index in [2.05, 4.69) is 29.9 Å². The number of rotatable bonds is 5. The number of carbonyl (C=O) groups is 1. The third kappa shape index (κ3) is 2.56. The molecule has 3 rings (SSSR count). The topological polar surface area (TPSA) is 54.3 Å². The molecule has 0 atom stereocenters. The number of nitrogens with zero attached hydrogens (tertiary/aromatic N) is 1. The van der Waals surface area contributed by atoms with E-state index in [4.69, 9.17) is 0 Å². The van der Waals surface area contributed by atoms with Crippen LogP contribution in [0.25, 0.3) is 10.9 Å². The van der Waals surface area contributed by atoms with Gasteiger partial charge in [0.1, 0.15) is 0 Å². The first-order valence-corrected chi connectivity index (χ1v) is 7.67. The summed E-state index contributed by atoms with van der Waals surface area (Å²) in [4.78, 5) is 11.5. The minimum Gasteiger partial charge on any atom is -0.478 e. The molecule has 0 unspecified atom stereocenters. The minimum absolute atomic E-state index is 0.314. The normalized spacial score (nSPS) is 15.6. The van der Waals surface area contributed by atoms with Crippen molar-refractivity contribution < 1.29 is 9.90 Å². The van der Waals surface area contributed by atoms with E-state index in [1.165, 1.54) is 19.3 Å². The van der Waals surface area contributed by atoms with Gasteiger partial charge in [0, 0.05) is 35.7 Å². The lowest BCUT2D eigenvalue weighted by molar-refractivity contribution is 0.0699. The van der Waals surface area contributed by atoms with Crippen LogP contribution in [-0.4, -0.2) is 21.7 Å². The summed E-state index contributed by atoms with van der Waals surface area (Å²) in [6.45, 7) is 4.98. The monoisotopic (exact) mass is 286 g/mol. The Morgan fingerprint density at radius 2 is 2.19 bits per heavy atom. The van der Waals surface area contributed by atoms with Gasteiger partial charge < -0.3 is 15.0 Å². The Hall–Kier alpha value is -1.81. The first-order valence-electron chi connectivity index (χ1n) is 7.67. The number of nitrogens with one attached hydrogen (secondary N) is 1. The Labute approximate surface area is 124 Å². The van der Waals surface area contributed by atoms with Gasteiger partial charge in [-0.1, -0.05) is 12.5 Å². The van der Waals surface area contributed by atoms with Gasteiger partial charge in [0.25, 0.3) is 0 Å². The van der Waals surface area contributed by atoms with E-state index < -0.39 is 5.97 Å². The molecule has 0 aliphatic heterocycles. The second-order valence-electron chi connectivity index (χ2n) is 6.17. The SMILES string of the molecule is CC(C)n1cc(CNC2CCC2)c2c(C(=O)O)cccc21. The van der Waals surface area contributed by atoms with E-state index in [9.17, 15) is 9.90 Å². The molecule has 1 saturated carbocycles. The molecule has 0 amide bonds. The van der Waals surface area contributed by atoms with Crippen molar-refractivity contribution in [1.82, 2.24) is 9.88 Å². The molecule has 1 fully saturated rings. The van der Waals surface area contributed by atoms with Crippen LogP contribution >= 0.6 is 0 Å². The van der Waals surface area contributed by atoms with Gasteiger partial charge in [0.05, 0.1) is 5.56 Å². The zero-order chi connectivity index (χ0) is 15.0. The highest BCUT2D eigenvalue weighted by Crippen LogP contribution is 2.29. The molecule has 112 valence electrons. The highest BCUT2D eigenvalue weighted by atomic mass is 16.4. The number of carboxylic acid groups (broad SMARTS) is 1.